The van der Waals surface area contributed by atoms with Crippen LogP contribution in [0.25, 0.3) is 0 Å². The molecule has 0 radical (unpaired) electrons. The van der Waals surface area contributed by atoms with E-state index in [-0.39, 0.29) is 5.84 Å². The molecule has 88 valence electrons. The van der Waals surface area contributed by atoms with E-state index in [1.54, 1.807) is 11.8 Å². The quantitative estimate of drug-likeness (QED) is 0.346. The molecule has 0 bridgehead atoms. The van der Waals surface area contributed by atoms with Gasteiger partial charge in [0.25, 0.3) is 0 Å². The molecule has 0 aliphatic heterocycles. The molecule has 0 amide bonds. The van der Waals surface area contributed by atoms with Crippen LogP contribution in [0, 0.1) is 12.3 Å². The highest BCUT2D eigenvalue weighted by Crippen LogP contribution is 2.22. The topological polar surface area (TPSA) is 62.8 Å². The van der Waals surface area contributed by atoms with E-state index in [4.69, 9.17) is 11.1 Å². The summed E-state index contributed by atoms with van der Waals surface area (Å²) >= 11 is 1.70. The maximum Gasteiger partial charge on any atom is 0.125 e. The molecule has 1 aromatic rings. The van der Waals surface area contributed by atoms with Gasteiger partial charge in [0.15, 0.2) is 0 Å². The maximum absolute atomic E-state index is 7.49. The zero-order chi connectivity index (χ0) is 12.0. The number of nitrogens with one attached hydrogen (secondary N) is 1. The van der Waals surface area contributed by atoms with Crippen molar-refractivity contribution >= 4 is 17.6 Å². The number of aryl methyl sites for hydroxylation is 1. The van der Waals surface area contributed by atoms with Crippen LogP contribution in [0.15, 0.2) is 17.2 Å². The SMILES string of the molecule is CCCCCSc1nc(C)ccc1C(=N)N. The minimum atomic E-state index is 0.102. The first kappa shape index (κ1) is 13.0. The van der Waals surface area contributed by atoms with Gasteiger partial charge in [-0.15, -0.1) is 11.8 Å². The Hall–Kier alpha value is -1.03. The molecule has 3 N–H and O–H groups in total. The number of amidine groups is 1. The van der Waals surface area contributed by atoms with Crippen LogP contribution in [-0.4, -0.2) is 16.6 Å². The average Bonchev–Trinajstić information content (AvgIpc) is 2.24. The van der Waals surface area contributed by atoms with Gasteiger partial charge in [-0.1, -0.05) is 19.8 Å². The Morgan fingerprint density at radius 1 is 1.44 bits per heavy atom. The molecule has 0 saturated carbocycles. The molecule has 3 nitrogen and oxygen atoms in total. The van der Waals surface area contributed by atoms with Gasteiger partial charge in [0, 0.05) is 11.3 Å². The Bertz CT molecular complexity index is 363. The number of aromatic nitrogens is 1. The summed E-state index contributed by atoms with van der Waals surface area (Å²) in [5.74, 6) is 1.15. The van der Waals surface area contributed by atoms with Crippen LogP contribution in [0.1, 0.15) is 37.4 Å². The number of pyridine rings is 1. The zero-order valence-electron chi connectivity index (χ0n) is 9.92. The van der Waals surface area contributed by atoms with E-state index >= 15 is 0 Å². The summed E-state index contributed by atoms with van der Waals surface area (Å²) in [6, 6.07) is 3.78. The predicted octanol–water partition coefficient (Wildman–Crippen LogP) is 2.96. The van der Waals surface area contributed by atoms with Crippen LogP contribution >= 0.6 is 11.8 Å². The first-order valence-electron chi connectivity index (χ1n) is 5.60. The van der Waals surface area contributed by atoms with Crippen molar-refractivity contribution in [2.24, 2.45) is 5.73 Å². The van der Waals surface area contributed by atoms with Crippen molar-refractivity contribution in [3.05, 3.63) is 23.4 Å². The molecule has 1 aromatic heterocycles. The van der Waals surface area contributed by atoms with Crippen molar-refractivity contribution in [2.75, 3.05) is 5.75 Å². The van der Waals surface area contributed by atoms with Crippen LogP contribution in [0.4, 0.5) is 0 Å². The molecule has 0 aromatic carbocycles. The second-order valence-electron chi connectivity index (χ2n) is 3.77. The fourth-order valence-corrected chi connectivity index (χ4v) is 2.45. The largest absolute Gasteiger partial charge is 0.384 e. The normalized spacial score (nSPS) is 10.4. The van der Waals surface area contributed by atoms with Crippen molar-refractivity contribution in [2.45, 2.75) is 38.1 Å². The predicted molar refractivity (Wildman–Crippen MR) is 70.2 cm³/mol. The molecular weight excluding hydrogens is 218 g/mol. The molecule has 0 fully saturated rings. The minimum Gasteiger partial charge on any atom is -0.384 e. The fraction of sp³-hybridized carbons (Fsp3) is 0.500. The smallest absolute Gasteiger partial charge is 0.125 e. The van der Waals surface area contributed by atoms with Crippen molar-refractivity contribution in [3.8, 4) is 0 Å². The van der Waals surface area contributed by atoms with Gasteiger partial charge in [-0.3, -0.25) is 5.41 Å². The number of unbranched alkanes of at least 4 members (excludes halogenated alkanes) is 2. The first-order valence-corrected chi connectivity index (χ1v) is 6.58. The lowest BCUT2D eigenvalue weighted by Gasteiger charge is -2.07. The lowest BCUT2D eigenvalue weighted by atomic mass is 10.2. The van der Waals surface area contributed by atoms with E-state index in [9.17, 15) is 0 Å². The van der Waals surface area contributed by atoms with Crippen LogP contribution in [-0.2, 0) is 0 Å². The summed E-state index contributed by atoms with van der Waals surface area (Å²) in [5.41, 5.74) is 7.26. The Kier molecular flexibility index (Phi) is 5.32. The molecule has 0 aliphatic carbocycles. The summed E-state index contributed by atoms with van der Waals surface area (Å²) in [5, 5.41) is 8.38. The van der Waals surface area contributed by atoms with Crippen LogP contribution in [0.2, 0.25) is 0 Å². The third-order valence-corrected chi connectivity index (χ3v) is 3.35. The molecule has 0 spiro atoms. The summed E-state index contributed by atoms with van der Waals surface area (Å²) in [6.45, 7) is 4.15. The Morgan fingerprint density at radius 3 is 2.81 bits per heavy atom. The first-order chi connectivity index (χ1) is 7.65. The van der Waals surface area contributed by atoms with E-state index in [1.165, 1.54) is 19.3 Å². The highest BCUT2D eigenvalue weighted by molar-refractivity contribution is 7.99. The van der Waals surface area contributed by atoms with E-state index in [2.05, 4.69) is 11.9 Å². The van der Waals surface area contributed by atoms with E-state index in [0.717, 1.165) is 22.0 Å². The van der Waals surface area contributed by atoms with Gasteiger partial charge in [-0.2, -0.15) is 0 Å². The van der Waals surface area contributed by atoms with Crippen LogP contribution in [0.5, 0.6) is 0 Å². The number of thioether (sulfide) groups is 1. The molecule has 1 heterocycles. The molecule has 4 heteroatoms. The lowest BCUT2D eigenvalue weighted by molar-refractivity contribution is 0.778. The number of nitrogens with zero attached hydrogens (tertiary/aromatic N) is 1. The number of hydrogen-bond acceptors (Lipinski definition) is 3. The van der Waals surface area contributed by atoms with Crippen molar-refractivity contribution in [1.82, 2.24) is 4.98 Å². The van der Waals surface area contributed by atoms with Gasteiger partial charge in [-0.05, 0) is 31.2 Å². The maximum atomic E-state index is 7.49. The molecule has 0 atom stereocenters. The molecule has 16 heavy (non-hydrogen) atoms. The van der Waals surface area contributed by atoms with E-state index < -0.39 is 0 Å². The van der Waals surface area contributed by atoms with Gasteiger partial charge < -0.3 is 5.73 Å². The monoisotopic (exact) mass is 237 g/mol. The van der Waals surface area contributed by atoms with Crippen LogP contribution < -0.4 is 5.73 Å². The summed E-state index contributed by atoms with van der Waals surface area (Å²) < 4.78 is 0. The van der Waals surface area contributed by atoms with Crippen molar-refractivity contribution < 1.29 is 0 Å². The summed E-state index contributed by atoms with van der Waals surface area (Å²) in [7, 11) is 0. The average molecular weight is 237 g/mol. The number of nitrogens with two attached hydrogens (primary N) is 1. The minimum absolute atomic E-state index is 0.102. The van der Waals surface area contributed by atoms with Crippen LogP contribution in [0.3, 0.4) is 0 Å². The lowest BCUT2D eigenvalue weighted by Crippen LogP contribution is -2.13. The third kappa shape index (κ3) is 3.85. The van der Waals surface area contributed by atoms with Gasteiger partial charge in [0.05, 0.1) is 0 Å². The molecule has 0 unspecified atom stereocenters. The molecule has 0 saturated heterocycles. The Labute approximate surface area is 101 Å². The number of nitrogen functional groups attached to an aromatic ring is 1. The standard InChI is InChI=1S/C12H19N3S/c1-3-4-5-8-16-12-10(11(13)14)7-6-9(2)15-12/h6-7H,3-5,8H2,1-2H3,(H3,13,14). The van der Waals surface area contributed by atoms with E-state index in [0.29, 0.717) is 0 Å². The third-order valence-electron chi connectivity index (χ3n) is 2.28. The number of hydrogen-bond donors (Lipinski definition) is 2. The molecular formula is C12H19N3S. The van der Waals surface area contributed by atoms with Gasteiger partial charge >= 0.3 is 0 Å². The Balaban J connectivity index is 2.68. The second-order valence-corrected chi connectivity index (χ2v) is 4.86. The fourth-order valence-electron chi connectivity index (χ4n) is 1.37. The Morgan fingerprint density at radius 2 is 2.19 bits per heavy atom. The highest BCUT2D eigenvalue weighted by atomic mass is 32.2. The summed E-state index contributed by atoms with van der Waals surface area (Å²) in [6.07, 6.45) is 3.66. The number of rotatable bonds is 6. The van der Waals surface area contributed by atoms with E-state index in [1.807, 2.05) is 19.1 Å². The van der Waals surface area contributed by atoms with Gasteiger partial charge in [0.1, 0.15) is 10.9 Å². The van der Waals surface area contributed by atoms with Crippen molar-refractivity contribution in [3.63, 3.8) is 0 Å². The highest BCUT2D eigenvalue weighted by Gasteiger charge is 2.07. The van der Waals surface area contributed by atoms with Gasteiger partial charge in [-0.25, -0.2) is 4.98 Å². The molecule has 0 aliphatic rings. The molecule has 1 rings (SSSR count). The zero-order valence-corrected chi connectivity index (χ0v) is 10.7. The second kappa shape index (κ2) is 6.53. The van der Waals surface area contributed by atoms with Gasteiger partial charge in [0.2, 0.25) is 0 Å². The summed E-state index contributed by atoms with van der Waals surface area (Å²) in [4.78, 5) is 4.43. The van der Waals surface area contributed by atoms with Crippen molar-refractivity contribution in [1.29, 1.82) is 5.41 Å².